The van der Waals surface area contributed by atoms with Crippen molar-refractivity contribution in [1.29, 1.82) is 0 Å². The topological polar surface area (TPSA) is 57.7 Å². The van der Waals surface area contributed by atoms with Crippen LogP contribution in [0.15, 0.2) is 42.6 Å². The summed E-state index contributed by atoms with van der Waals surface area (Å²) >= 11 is 0. The van der Waals surface area contributed by atoms with Crippen LogP contribution in [-0.4, -0.2) is 55.1 Å². The van der Waals surface area contributed by atoms with Crippen molar-refractivity contribution >= 4 is 11.7 Å². The summed E-state index contributed by atoms with van der Waals surface area (Å²) in [5.41, 5.74) is 2.13. The number of hydrogen-bond donors (Lipinski definition) is 1. The minimum Gasteiger partial charge on any atom is -0.480 e. The molecule has 0 radical (unpaired) electrons. The van der Waals surface area contributed by atoms with Crippen LogP contribution in [-0.2, 0) is 17.8 Å². The van der Waals surface area contributed by atoms with Gasteiger partial charge in [-0.15, -0.1) is 0 Å². The minimum atomic E-state index is -0.448. The normalized spacial score (nSPS) is 19.7. The van der Waals surface area contributed by atoms with E-state index < -0.39 is 6.10 Å². The van der Waals surface area contributed by atoms with Crippen LogP contribution in [0.3, 0.4) is 0 Å². The maximum atomic E-state index is 12.5. The molecule has 0 aliphatic carbocycles. The number of carbonyl (C=O) groups is 1. The second-order valence-corrected chi connectivity index (χ2v) is 6.91. The fourth-order valence-electron chi connectivity index (χ4n) is 3.50. The largest absolute Gasteiger partial charge is 0.480 e. The summed E-state index contributed by atoms with van der Waals surface area (Å²) in [5, 5.41) is 3.02. The molecule has 6 heteroatoms. The SMILES string of the molecule is CN1CCN(c2ncccc2CNC(=O)C2Cc3ccccc3O2)CC1. The molecule has 3 heterocycles. The first-order valence-electron chi connectivity index (χ1n) is 9.10. The van der Waals surface area contributed by atoms with Gasteiger partial charge in [0.2, 0.25) is 0 Å². The summed E-state index contributed by atoms with van der Waals surface area (Å²) in [7, 11) is 2.14. The third kappa shape index (κ3) is 3.51. The molecule has 1 N–H and O–H groups in total. The Morgan fingerprint density at radius 3 is 2.81 bits per heavy atom. The van der Waals surface area contributed by atoms with Crippen LogP contribution >= 0.6 is 0 Å². The smallest absolute Gasteiger partial charge is 0.261 e. The molecule has 136 valence electrons. The number of para-hydroxylation sites is 1. The van der Waals surface area contributed by atoms with Gasteiger partial charge in [-0.25, -0.2) is 4.98 Å². The van der Waals surface area contributed by atoms with Crippen molar-refractivity contribution in [2.24, 2.45) is 0 Å². The number of likely N-dealkylation sites (N-methyl/N-ethyl adjacent to an activating group) is 1. The molecule has 0 saturated carbocycles. The van der Waals surface area contributed by atoms with E-state index in [0.29, 0.717) is 13.0 Å². The Balaban J connectivity index is 1.39. The second-order valence-electron chi connectivity index (χ2n) is 6.91. The van der Waals surface area contributed by atoms with Crippen LogP contribution in [0.5, 0.6) is 5.75 Å². The molecule has 1 aromatic heterocycles. The molecule has 0 spiro atoms. The first kappa shape index (κ1) is 16.8. The van der Waals surface area contributed by atoms with Gasteiger partial charge in [0.05, 0.1) is 0 Å². The zero-order valence-electron chi connectivity index (χ0n) is 15.0. The monoisotopic (exact) mass is 352 g/mol. The first-order chi connectivity index (χ1) is 12.7. The Hall–Kier alpha value is -2.60. The number of ether oxygens (including phenoxy) is 1. The van der Waals surface area contributed by atoms with Crippen molar-refractivity contribution in [2.75, 3.05) is 38.1 Å². The van der Waals surface area contributed by atoms with Gasteiger partial charge in [0, 0.05) is 50.9 Å². The molecule has 1 aromatic carbocycles. The molecule has 1 atom stereocenters. The lowest BCUT2D eigenvalue weighted by atomic mass is 10.1. The van der Waals surface area contributed by atoms with E-state index in [1.807, 2.05) is 42.6 Å². The van der Waals surface area contributed by atoms with Crippen LogP contribution in [0.2, 0.25) is 0 Å². The molecular weight excluding hydrogens is 328 g/mol. The zero-order chi connectivity index (χ0) is 17.9. The molecule has 2 aliphatic rings. The molecule has 1 amide bonds. The number of piperazine rings is 1. The molecule has 2 aliphatic heterocycles. The van der Waals surface area contributed by atoms with Gasteiger partial charge in [0.15, 0.2) is 6.10 Å². The zero-order valence-corrected chi connectivity index (χ0v) is 15.0. The van der Waals surface area contributed by atoms with Crippen molar-refractivity contribution in [1.82, 2.24) is 15.2 Å². The van der Waals surface area contributed by atoms with Crippen molar-refractivity contribution < 1.29 is 9.53 Å². The third-order valence-corrected chi connectivity index (χ3v) is 5.06. The van der Waals surface area contributed by atoms with Crippen LogP contribution in [0, 0.1) is 0 Å². The molecule has 1 unspecified atom stereocenters. The molecule has 4 rings (SSSR count). The highest BCUT2D eigenvalue weighted by Crippen LogP contribution is 2.28. The number of nitrogens with zero attached hydrogens (tertiary/aromatic N) is 3. The van der Waals surface area contributed by atoms with E-state index in [1.54, 1.807) is 0 Å². The van der Waals surface area contributed by atoms with E-state index >= 15 is 0 Å². The van der Waals surface area contributed by atoms with E-state index in [4.69, 9.17) is 4.74 Å². The Morgan fingerprint density at radius 2 is 2.00 bits per heavy atom. The lowest BCUT2D eigenvalue weighted by molar-refractivity contribution is -0.127. The van der Waals surface area contributed by atoms with E-state index in [0.717, 1.165) is 48.9 Å². The number of pyridine rings is 1. The van der Waals surface area contributed by atoms with Gasteiger partial charge < -0.3 is 19.9 Å². The number of anilines is 1. The van der Waals surface area contributed by atoms with E-state index in [9.17, 15) is 4.79 Å². The first-order valence-corrected chi connectivity index (χ1v) is 9.10. The highest BCUT2D eigenvalue weighted by Gasteiger charge is 2.28. The Kier molecular flexibility index (Phi) is 4.75. The predicted molar refractivity (Wildman–Crippen MR) is 100 cm³/mol. The van der Waals surface area contributed by atoms with Crippen molar-refractivity contribution in [3.63, 3.8) is 0 Å². The Bertz CT molecular complexity index is 762. The molecule has 1 fully saturated rings. The average Bonchev–Trinajstić information content (AvgIpc) is 3.11. The number of fused-ring (bicyclic) bond motifs is 1. The van der Waals surface area contributed by atoms with Gasteiger partial charge in [0.25, 0.3) is 5.91 Å². The standard InChI is InChI=1S/C20H24N4O2/c1-23-9-11-24(12-10-23)19-16(6-4-8-21-19)14-22-20(25)18-13-15-5-2-3-7-17(15)26-18/h2-8,18H,9-14H2,1H3,(H,22,25). The lowest BCUT2D eigenvalue weighted by Gasteiger charge is -2.34. The van der Waals surface area contributed by atoms with Crippen molar-refractivity contribution in [2.45, 2.75) is 19.1 Å². The molecule has 2 aromatic rings. The van der Waals surface area contributed by atoms with Crippen LogP contribution < -0.4 is 15.0 Å². The van der Waals surface area contributed by atoms with E-state index in [-0.39, 0.29) is 5.91 Å². The molecule has 6 nitrogen and oxygen atoms in total. The Labute approximate surface area is 153 Å². The van der Waals surface area contributed by atoms with Gasteiger partial charge in [0.1, 0.15) is 11.6 Å². The van der Waals surface area contributed by atoms with Gasteiger partial charge in [-0.2, -0.15) is 0 Å². The number of carbonyl (C=O) groups excluding carboxylic acids is 1. The fourth-order valence-corrected chi connectivity index (χ4v) is 3.50. The average molecular weight is 352 g/mol. The van der Waals surface area contributed by atoms with Gasteiger partial charge >= 0.3 is 0 Å². The predicted octanol–water partition coefficient (Wildman–Crippen LogP) is 1.45. The highest BCUT2D eigenvalue weighted by atomic mass is 16.5. The van der Waals surface area contributed by atoms with E-state index in [2.05, 4.69) is 27.1 Å². The number of rotatable bonds is 4. The minimum absolute atomic E-state index is 0.0746. The second kappa shape index (κ2) is 7.33. The lowest BCUT2D eigenvalue weighted by Crippen LogP contribution is -2.45. The summed E-state index contributed by atoms with van der Waals surface area (Å²) in [6, 6.07) is 11.8. The molecule has 1 saturated heterocycles. The summed E-state index contributed by atoms with van der Waals surface area (Å²) in [4.78, 5) is 21.7. The number of aromatic nitrogens is 1. The summed E-state index contributed by atoms with van der Waals surface area (Å²) in [6.07, 6.45) is 1.99. The number of amides is 1. The summed E-state index contributed by atoms with van der Waals surface area (Å²) < 4.78 is 5.77. The maximum Gasteiger partial charge on any atom is 0.261 e. The number of nitrogens with one attached hydrogen (secondary N) is 1. The fraction of sp³-hybridized carbons (Fsp3) is 0.400. The summed E-state index contributed by atoms with van der Waals surface area (Å²) in [6.45, 7) is 4.42. The van der Waals surface area contributed by atoms with Crippen molar-refractivity contribution in [3.05, 3.63) is 53.7 Å². The quantitative estimate of drug-likeness (QED) is 0.903. The van der Waals surface area contributed by atoms with Gasteiger partial charge in [-0.05, 0) is 24.7 Å². The highest BCUT2D eigenvalue weighted by molar-refractivity contribution is 5.82. The van der Waals surface area contributed by atoms with E-state index in [1.165, 1.54) is 0 Å². The third-order valence-electron chi connectivity index (χ3n) is 5.06. The van der Waals surface area contributed by atoms with Gasteiger partial charge in [-0.1, -0.05) is 24.3 Å². The number of benzene rings is 1. The Morgan fingerprint density at radius 1 is 1.19 bits per heavy atom. The summed E-state index contributed by atoms with van der Waals surface area (Å²) in [5.74, 6) is 1.71. The molecule has 0 bridgehead atoms. The van der Waals surface area contributed by atoms with Crippen LogP contribution in [0.25, 0.3) is 0 Å². The maximum absolute atomic E-state index is 12.5. The molecule has 26 heavy (non-hydrogen) atoms. The van der Waals surface area contributed by atoms with Gasteiger partial charge in [-0.3, -0.25) is 4.79 Å². The number of hydrogen-bond acceptors (Lipinski definition) is 5. The van der Waals surface area contributed by atoms with Crippen LogP contribution in [0.1, 0.15) is 11.1 Å². The van der Waals surface area contributed by atoms with Crippen LogP contribution in [0.4, 0.5) is 5.82 Å². The molecular formula is C20H24N4O2. The van der Waals surface area contributed by atoms with Crippen molar-refractivity contribution in [3.8, 4) is 5.75 Å².